The number of hydrogen-bond acceptors (Lipinski definition) is 1. The molecule has 1 N–H and O–H groups in total. The second kappa shape index (κ2) is 4.05. The molecule has 0 heterocycles. The van der Waals surface area contributed by atoms with Crippen LogP contribution in [0.15, 0.2) is 0 Å². The monoisotopic (exact) mass is 232 g/mol. The van der Waals surface area contributed by atoms with Crippen LogP contribution >= 0.6 is 0 Å². The Morgan fingerprint density at radius 2 is 1.65 bits per heavy atom. The van der Waals surface area contributed by atoms with E-state index < -0.39 is 5.97 Å². The van der Waals surface area contributed by atoms with Gasteiger partial charge in [0.25, 0.3) is 0 Å². The normalized spacial score (nSPS) is 42.0. The summed E-state index contributed by atoms with van der Waals surface area (Å²) in [6.45, 7) is 0. The third kappa shape index (κ3) is 2.20. The topological polar surface area (TPSA) is 37.3 Å². The standard InChI is InChI=1S/C15H20O2/c16-14(17)3-1-2-4-15-8-11-5-12(9-15)7-13(6-11)10-15/h11-13H,1,3,5-10H2,(H,16,17). The van der Waals surface area contributed by atoms with Gasteiger partial charge < -0.3 is 5.11 Å². The molecule has 0 unspecified atom stereocenters. The van der Waals surface area contributed by atoms with Crippen LogP contribution in [0.2, 0.25) is 0 Å². The maximum atomic E-state index is 10.5. The smallest absolute Gasteiger partial charge is 0.304 e. The van der Waals surface area contributed by atoms with Crippen molar-refractivity contribution >= 4 is 5.97 Å². The van der Waals surface area contributed by atoms with Gasteiger partial charge in [0.15, 0.2) is 0 Å². The Bertz CT molecular complexity index is 350. The molecule has 4 fully saturated rings. The highest BCUT2D eigenvalue weighted by molar-refractivity contribution is 5.67. The quantitative estimate of drug-likeness (QED) is 0.743. The van der Waals surface area contributed by atoms with E-state index in [4.69, 9.17) is 5.11 Å². The molecule has 0 aliphatic heterocycles. The molecule has 92 valence electrons. The van der Waals surface area contributed by atoms with Crippen LogP contribution in [0.5, 0.6) is 0 Å². The first kappa shape index (κ1) is 11.1. The van der Waals surface area contributed by atoms with Crippen LogP contribution in [0.25, 0.3) is 0 Å². The van der Waals surface area contributed by atoms with E-state index in [0.29, 0.717) is 6.42 Å². The van der Waals surface area contributed by atoms with Crippen molar-refractivity contribution in [2.45, 2.75) is 51.4 Å². The molecule has 4 aliphatic rings. The number of carboxylic acids is 1. The fourth-order valence-corrected chi connectivity index (χ4v) is 4.68. The minimum absolute atomic E-state index is 0.194. The van der Waals surface area contributed by atoms with Crippen molar-refractivity contribution in [3.05, 3.63) is 0 Å². The van der Waals surface area contributed by atoms with E-state index in [2.05, 4.69) is 11.8 Å². The molecule has 0 radical (unpaired) electrons. The molecule has 2 nitrogen and oxygen atoms in total. The SMILES string of the molecule is O=C(O)CCC#CC12CC3CC(CC(C3)C1)C2. The lowest BCUT2D eigenvalue weighted by Crippen LogP contribution is -2.45. The van der Waals surface area contributed by atoms with Crippen LogP contribution in [0, 0.1) is 35.0 Å². The molecule has 4 bridgehead atoms. The van der Waals surface area contributed by atoms with Crippen LogP contribution < -0.4 is 0 Å². The molecule has 0 saturated heterocycles. The zero-order valence-electron chi connectivity index (χ0n) is 10.2. The van der Waals surface area contributed by atoms with Gasteiger partial charge in [0.1, 0.15) is 0 Å². The first-order valence-electron chi connectivity index (χ1n) is 6.87. The summed E-state index contributed by atoms with van der Waals surface area (Å²) in [6, 6.07) is 0. The van der Waals surface area contributed by atoms with Gasteiger partial charge in [0.2, 0.25) is 0 Å². The lowest BCUT2D eigenvalue weighted by Gasteiger charge is -2.54. The molecule has 2 heteroatoms. The second-order valence-corrected chi connectivity index (χ2v) is 6.39. The van der Waals surface area contributed by atoms with Crippen molar-refractivity contribution in [1.82, 2.24) is 0 Å². The maximum Gasteiger partial charge on any atom is 0.304 e. The van der Waals surface area contributed by atoms with Crippen molar-refractivity contribution in [3.63, 3.8) is 0 Å². The lowest BCUT2D eigenvalue weighted by molar-refractivity contribution is -0.136. The highest BCUT2D eigenvalue weighted by atomic mass is 16.4. The number of carbonyl (C=O) groups is 1. The fourth-order valence-electron chi connectivity index (χ4n) is 4.68. The molecule has 0 aromatic heterocycles. The largest absolute Gasteiger partial charge is 0.481 e. The summed E-state index contributed by atoms with van der Waals surface area (Å²) in [5, 5.41) is 8.61. The summed E-state index contributed by atoms with van der Waals surface area (Å²) in [7, 11) is 0. The molecule has 4 rings (SSSR count). The minimum Gasteiger partial charge on any atom is -0.481 e. The van der Waals surface area contributed by atoms with E-state index in [1.54, 1.807) is 0 Å². The van der Waals surface area contributed by atoms with Gasteiger partial charge in [-0.2, -0.15) is 0 Å². The van der Waals surface area contributed by atoms with E-state index >= 15 is 0 Å². The molecule has 0 spiro atoms. The fraction of sp³-hybridized carbons (Fsp3) is 0.800. The Kier molecular flexibility index (Phi) is 2.65. The lowest BCUT2D eigenvalue weighted by atomic mass is 9.50. The van der Waals surface area contributed by atoms with Gasteiger partial charge in [-0.25, -0.2) is 0 Å². The van der Waals surface area contributed by atoms with Gasteiger partial charge in [0.05, 0.1) is 6.42 Å². The molecule has 4 aliphatic carbocycles. The van der Waals surface area contributed by atoms with Gasteiger partial charge >= 0.3 is 5.97 Å². The summed E-state index contributed by atoms with van der Waals surface area (Å²) < 4.78 is 0. The average molecular weight is 232 g/mol. The molecule has 0 amide bonds. The zero-order chi connectivity index (χ0) is 11.9. The van der Waals surface area contributed by atoms with E-state index in [0.717, 1.165) is 17.8 Å². The average Bonchev–Trinajstić information content (AvgIpc) is 2.22. The van der Waals surface area contributed by atoms with Crippen LogP contribution in [-0.2, 0) is 4.79 Å². The van der Waals surface area contributed by atoms with Crippen LogP contribution in [-0.4, -0.2) is 11.1 Å². The molecule has 0 atom stereocenters. The van der Waals surface area contributed by atoms with Crippen molar-refractivity contribution in [2.24, 2.45) is 23.2 Å². The van der Waals surface area contributed by atoms with Crippen molar-refractivity contribution in [1.29, 1.82) is 0 Å². The molecule has 4 saturated carbocycles. The van der Waals surface area contributed by atoms with E-state index in [1.165, 1.54) is 38.5 Å². The summed E-state index contributed by atoms with van der Waals surface area (Å²) in [5.41, 5.74) is 0.285. The number of rotatable bonds is 2. The van der Waals surface area contributed by atoms with Gasteiger partial charge in [-0.3, -0.25) is 4.79 Å². The molecular weight excluding hydrogens is 212 g/mol. The Morgan fingerprint density at radius 1 is 1.12 bits per heavy atom. The van der Waals surface area contributed by atoms with Gasteiger partial charge in [0, 0.05) is 11.8 Å². The highest BCUT2D eigenvalue weighted by Crippen LogP contribution is 2.59. The summed E-state index contributed by atoms with van der Waals surface area (Å²) in [4.78, 5) is 10.5. The zero-order valence-corrected chi connectivity index (χ0v) is 10.2. The molecular formula is C15H20O2. The van der Waals surface area contributed by atoms with Crippen molar-refractivity contribution in [3.8, 4) is 11.8 Å². The Morgan fingerprint density at radius 3 is 2.12 bits per heavy atom. The van der Waals surface area contributed by atoms with Gasteiger partial charge in [-0.05, 0) is 56.3 Å². The third-order valence-electron chi connectivity index (χ3n) is 4.86. The molecule has 0 aromatic carbocycles. The second-order valence-electron chi connectivity index (χ2n) is 6.39. The minimum atomic E-state index is -0.732. The molecule has 17 heavy (non-hydrogen) atoms. The van der Waals surface area contributed by atoms with Crippen molar-refractivity contribution < 1.29 is 9.90 Å². The number of hydrogen-bond donors (Lipinski definition) is 1. The number of aliphatic carboxylic acids is 1. The Hall–Kier alpha value is -0.970. The van der Waals surface area contributed by atoms with Crippen LogP contribution in [0.4, 0.5) is 0 Å². The first-order valence-corrected chi connectivity index (χ1v) is 6.87. The summed E-state index contributed by atoms with van der Waals surface area (Å²) >= 11 is 0. The van der Waals surface area contributed by atoms with Gasteiger partial charge in [-0.15, -0.1) is 5.92 Å². The van der Waals surface area contributed by atoms with E-state index in [-0.39, 0.29) is 11.8 Å². The van der Waals surface area contributed by atoms with Crippen LogP contribution in [0.1, 0.15) is 51.4 Å². The summed E-state index contributed by atoms with van der Waals surface area (Å²) in [6.07, 6.45) is 8.91. The Labute approximate surface area is 103 Å². The Balaban J connectivity index is 1.67. The summed E-state index contributed by atoms with van der Waals surface area (Å²) in [5.74, 6) is 8.66. The highest BCUT2D eigenvalue weighted by Gasteiger charge is 2.50. The van der Waals surface area contributed by atoms with Crippen molar-refractivity contribution in [2.75, 3.05) is 0 Å². The maximum absolute atomic E-state index is 10.5. The van der Waals surface area contributed by atoms with E-state index in [9.17, 15) is 4.79 Å². The van der Waals surface area contributed by atoms with Gasteiger partial charge in [-0.1, -0.05) is 5.92 Å². The predicted octanol–water partition coefficient (Wildman–Crippen LogP) is 3.07. The van der Waals surface area contributed by atoms with Crippen LogP contribution in [0.3, 0.4) is 0 Å². The predicted molar refractivity (Wildman–Crippen MR) is 65.3 cm³/mol. The third-order valence-corrected chi connectivity index (χ3v) is 4.86. The first-order chi connectivity index (χ1) is 8.15. The number of carboxylic acid groups (broad SMARTS) is 1. The molecule has 0 aromatic rings. The van der Waals surface area contributed by atoms with E-state index in [1.807, 2.05) is 0 Å².